The first-order chi connectivity index (χ1) is 8.72. The van der Waals surface area contributed by atoms with Gasteiger partial charge in [-0.05, 0) is 23.3 Å². The molecule has 0 bridgehead atoms. The van der Waals surface area contributed by atoms with Gasteiger partial charge in [-0.25, -0.2) is 4.79 Å². The fourth-order valence-electron chi connectivity index (χ4n) is 1.90. The van der Waals surface area contributed by atoms with Crippen LogP contribution in [-0.2, 0) is 16.0 Å². The van der Waals surface area contributed by atoms with Gasteiger partial charge in [-0.1, -0.05) is 54.7 Å². The smallest absolute Gasteiger partial charge is 0.345 e. The maximum absolute atomic E-state index is 11.5. The largest absolute Gasteiger partial charge is 0.462 e. The summed E-state index contributed by atoms with van der Waals surface area (Å²) in [4.78, 5) is 11.8. The number of benzene rings is 2. The normalized spacial score (nSPS) is 10.3. The van der Waals surface area contributed by atoms with Crippen molar-refractivity contribution >= 4 is 33.8 Å². The molecule has 0 spiro atoms. The Bertz CT molecular complexity index is 585. The van der Waals surface area contributed by atoms with E-state index >= 15 is 0 Å². The van der Waals surface area contributed by atoms with Gasteiger partial charge < -0.3 is 4.74 Å². The molecule has 2 rings (SSSR count). The van der Waals surface area contributed by atoms with E-state index in [0.717, 1.165) is 16.3 Å². The topological polar surface area (TPSA) is 26.3 Å². The first-order valence-corrected chi connectivity index (χ1v) is 6.29. The van der Waals surface area contributed by atoms with Crippen LogP contribution in [0.1, 0.15) is 12.5 Å². The van der Waals surface area contributed by atoms with Crippen molar-refractivity contribution in [2.45, 2.75) is 13.3 Å². The Hall–Kier alpha value is -1.74. The zero-order valence-corrected chi connectivity index (χ0v) is 11.0. The van der Waals surface area contributed by atoms with Crippen molar-refractivity contribution in [3.63, 3.8) is 0 Å². The molecule has 0 radical (unpaired) electrons. The Kier molecular flexibility index (Phi) is 4.05. The number of rotatable bonds is 4. The summed E-state index contributed by atoms with van der Waals surface area (Å²) in [6.07, 6.45) is 0.454. The lowest BCUT2D eigenvalue weighted by Gasteiger charge is -2.07. The Balaban J connectivity index is 2.27. The molecule has 0 saturated carbocycles. The molecule has 0 aliphatic heterocycles. The molecule has 2 aromatic rings. The average molecular weight is 258 g/mol. The third-order valence-corrected chi connectivity index (χ3v) is 3.05. The highest BCUT2D eigenvalue weighted by molar-refractivity contribution is 7.82. The van der Waals surface area contributed by atoms with E-state index in [1.54, 1.807) is 6.92 Å². The van der Waals surface area contributed by atoms with Gasteiger partial charge in [0, 0.05) is 6.42 Å². The van der Waals surface area contributed by atoms with Gasteiger partial charge in [0.15, 0.2) is 0 Å². The minimum atomic E-state index is -0.388. The molecule has 2 nitrogen and oxygen atoms in total. The predicted octanol–water partition coefficient (Wildman–Crippen LogP) is 3.32. The number of esters is 1. The van der Waals surface area contributed by atoms with Gasteiger partial charge >= 0.3 is 5.97 Å². The molecule has 2 aromatic carbocycles. The summed E-state index contributed by atoms with van der Waals surface area (Å²) in [5.41, 5.74) is 1.06. The quantitative estimate of drug-likeness (QED) is 0.621. The van der Waals surface area contributed by atoms with Crippen molar-refractivity contribution in [2.75, 3.05) is 6.61 Å². The van der Waals surface area contributed by atoms with E-state index in [-0.39, 0.29) is 5.97 Å². The van der Waals surface area contributed by atoms with Crippen molar-refractivity contribution in [2.24, 2.45) is 0 Å². The first kappa shape index (κ1) is 12.7. The van der Waals surface area contributed by atoms with Crippen molar-refractivity contribution in [3.05, 3.63) is 48.0 Å². The van der Waals surface area contributed by atoms with Gasteiger partial charge in [0.25, 0.3) is 0 Å². The highest BCUT2D eigenvalue weighted by Crippen LogP contribution is 2.19. The van der Waals surface area contributed by atoms with Crippen LogP contribution < -0.4 is 0 Å². The number of carbonyl (C=O) groups excluding carboxylic acids is 1. The van der Waals surface area contributed by atoms with Crippen molar-refractivity contribution < 1.29 is 9.53 Å². The fourth-order valence-corrected chi connectivity index (χ4v) is 2.12. The van der Waals surface area contributed by atoms with Gasteiger partial charge in [0.1, 0.15) is 4.86 Å². The summed E-state index contributed by atoms with van der Waals surface area (Å²) in [6.45, 7) is 2.13. The van der Waals surface area contributed by atoms with Crippen LogP contribution in [0.4, 0.5) is 0 Å². The molecule has 3 heteroatoms. The lowest BCUT2D eigenvalue weighted by molar-refractivity contribution is -0.134. The lowest BCUT2D eigenvalue weighted by atomic mass is 10.0. The zero-order valence-electron chi connectivity index (χ0n) is 10.2. The molecule has 0 aliphatic rings. The van der Waals surface area contributed by atoms with Crippen molar-refractivity contribution in [1.82, 2.24) is 0 Å². The molecule has 0 atom stereocenters. The summed E-state index contributed by atoms with van der Waals surface area (Å²) >= 11 is 5.11. The molecule has 0 heterocycles. The number of hydrogen-bond donors (Lipinski definition) is 0. The van der Waals surface area contributed by atoms with Crippen molar-refractivity contribution in [3.8, 4) is 0 Å². The number of carbonyl (C=O) groups is 1. The van der Waals surface area contributed by atoms with Gasteiger partial charge in [-0.3, -0.25) is 0 Å². The van der Waals surface area contributed by atoms with E-state index in [2.05, 4.69) is 0 Å². The second-order valence-corrected chi connectivity index (χ2v) is 4.45. The standard InChI is InChI=1S/C15H14O2S/c1-2-17-15(16)14(18)10-12-8-5-7-11-6-3-4-9-13(11)12/h3-9H,2,10H2,1H3. The molecular formula is C15H14O2S. The number of fused-ring (bicyclic) bond motifs is 1. The van der Waals surface area contributed by atoms with E-state index in [9.17, 15) is 4.79 Å². The summed E-state index contributed by atoms with van der Waals surface area (Å²) < 4.78 is 4.91. The minimum Gasteiger partial charge on any atom is -0.462 e. The summed E-state index contributed by atoms with van der Waals surface area (Å²) in [5.74, 6) is -0.388. The van der Waals surface area contributed by atoms with Crippen LogP contribution in [0.15, 0.2) is 42.5 Å². The highest BCUT2D eigenvalue weighted by atomic mass is 32.1. The second kappa shape index (κ2) is 5.74. The summed E-state index contributed by atoms with van der Waals surface area (Å²) in [6, 6.07) is 14.1. The number of ether oxygens (including phenoxy) is 1. The van der Waals surface area contributed by atoms with Crippen LogP contribution in [-0.4, -0.2) is 17.4 Å². The lowest BCUT2D eigenvalue weighted by Crippen LogP contribution is -2.17. The van der Waals surface area contributed by atoms with Crippen LogP contribution in [0.2, 0.25) is 0 Å². The third kappa shape index (κ3) is 2.74. The van der Waals surface area contributed by atoms with Crippen molar-refractivity contribution in [1.29, 1.82) is 0 Å². The summed E-state index contributed by atoms with van der Waals surface area (Å²) in [5, 5.41) is 2.29. The van der Waals surface area contributed by atoms with E-state index in [4.69, 9.17) is 17.0 Å². The van der Waals surface area contributed by atoms with E-state index in [0.29, 0.717) is 17.9 Å². The van der Waals surface area contributed by atoms with Gasteiger partial charge in [0.05, 0.1) is 6.61 Å². The maximum atomic E-state index is 11.5. The Labute approximate surface area is 112 Å². The minimum absolute atomic E-state index is 0.327. The molecule has 0 aromatic heterocycles. The Morgan fingerprint density at radius 1 is 1.17 bits per heavy atom. The molecule has 0 saturated heterocycles. The van der Waals surface area contributed by atoms with Crippen LogP contribution in [0.5, 0.6) is 0 Å². The molecule has 0 amide bonds. The Morgan fingerprint density at radius 2 is 1.89 bits per heavy atom. The van der Waals surface area contributed by atoms with Crippen LogP contribution >= 0.6 is 12.2 Å². The molecule has 18 heavy (non-hydrogen) atoms. The van der Waals surface area contributed by atoms with Gasteiger partial charge in [0.2, 0.25) is 0 Å². The first-order valence-electron chi connectivity index (χ1n) is 5.89. The molecule has 0 N–H and O–H groups in total. The van der Waals surface area contributed by atoms with E-state index in [1.165, 1.54) is 0 Å². The molecule has 0 unspecified atom stereocenters. The van der Waals surface area contributed by atoms with Crippen LogP contribution in [0, 0.1) is 0 Å². The van der Waals surface area contributed by atoms with E-state index < -0.39 is 0 Å². The fraction of sp³-hybridized carbons (Fsp3) is 0.200. The molecule has 0 aliphatic carbocycles. The van der Waals surface area contributed by atoms with Gasteiger partial charge in [-0.15, -0.1) is 0 Å². The predicted molar refractivity (Wildman–Crippen MR) is 76.9 cm³/mol. The number of hydrogen-bond acceptors (Lipinski definition) is 3. The van der Waals surface area contributed by atoms with E-state index in [1.807, 2.05) is 42.5 Å². The highest BCUT2D eigenvalue weighted by Gasteiger charge is 2.12. The SMILES string of the molecule is CCOC(=O)C(=S)Cc1cccc2ccccc12. The average Bonchev–Trinajstić information content (AvgIpc) is 2.39. The molecule has 92 valence electrons. The monoisotopic (exact) mass is 258 g/mol. The zero-order chi connectivity index (χ0) is 13.0. The second-order valence-electron chi connectivity index (χ2n) is 3.96. The van der Waals surface area contributed by atoms with Crippen LogP contribution in [0.3, 0.4) is 0 Å². The number of thiocarbonyl (C=S) groups is 1. The molecular weight excluding hydrogens is 244 g/mol. The van der Waals surface area contributed by atoms with Gasteiger partial charge in [-0.2, -0.15) is 0 Å². The summed E-state index contributed by atoms with van der Waals surface area (Å²) in [7, 11) is 0. The Morgan fingerprint density at radius 3 is 2.67 bits per heavy atom. The third-order valence-electron chi connectivity index (χ3n) is 2.73. The molecule has 0 fully saturated rings. The maximum Gasteiger partial charge on any atom is 0.345 e. The van der Waals surface area contributed by atoms with Crippen LogP contribution in [0.25, 0.3) is 10.8 Å².